The summed E-state index contributed by atoms with van der Waals surface area (Å²) >= 11 is 0. The Hall–Kier alpha value is -1.60. The average Bonchev–Trinajstić information content (AvgIpc) is 2.32. The van der Waals surface area contributed by atoms with Gasteiger partial charge in [-0.15, -0.1) is 0 Å². The molecule has 110 valence electrons. The molecule has 0 amide bonds. The van der Waals surface area contributed by atoms with Crippen molar-refractivity contribution in [3.8, 4) is 11.8 Å². The largest absolute Gasteiger partial charge is 0.466 e. The third kappa shape index (κ3) is 3.29. The quantitative estimate of drug-likeness (QED) is 0.452. The molecule has 20 heavy (non-hydrogen) atoms. The van der Waals surface area contributed by atoms with Gasteiger partial charge in [0, 0.05) is 35.8 Å². The molecule has 1 aliphatic carbocycles. The number of ether oxygens (including phenoxy) is 1. The summed E-state index contributed by atoms with van der Waals surface area (Å²) in [5.74, 6) is 5.11. The van der Waals surface area contributed by atoms with Gasteiger partial charge in [-0.25, -0.2) is 4.79 Å². The van der Waals surface area contributed by atoms with E-state index < -0.39 is 17.0 Å². The number of hydrogen-bond donors (Lipinski definition) is 1. The number of Topliss-reactive ketones (excluding diaryl/α,β-unsaturated/α-hetero) is 1. The first kappa shape index (κ1) is 16.5. The van der Waals surface area contributed by atoms with Crippen molar-refractivity contribution in [1.82, 2.24) is 0 Å². The summed E-state index contributed by atoms with van der Waals surface area (Å²) < 4.78 is 4.52. The van der Waals surface area contributed by atoms with Gasteiger partial charge in [0.25, 0.3) is 0 Å². The van der Waals surface area contributed by atoms with Gasteiger partial charge in [0.15, 0.2) is 0 Å². The minimum atomic E-state index is -1.24. The SMILES string of the molecule is COC(=O)/C=C(/C)C#CC1(O)[C@@H](C)CC(=O)CC1(C)C. The molecule has 0 bridgehead atoms. The number of carbonyl (C=O) groups excluding carboxylic acids is 2. The average molecular weight is 278 g/mol. The van der Waals surface area contributed by atoms with Crippen molar-refractivity contribution in [2.45, 2.75) is 46.1 Å². The Morgan fingerprint density at radius 3 is 2.60 bits per heavy atom. The van der Waals surface area contributed by atoms with E-state index >= 15 is 0 Å². The predicted molar refractivity (Wildman–Crippen MR) is 75.7 cm³/mol. The molecule has 1 unspecified atom stereocenters. The Balaban J connectivity index is 3.08. The van der Waals surface area contributed by atoms with Crippen LogP contribution in [0.25, 0.3) is 0 Å². The number of allylic oxidation sites excluding steroid dienone is 1. The molecule has 1 N–H and O–H groups in total. The Bertz CT molecular complexity index is 504. The summed E-state index contributed by atoms with van der Waals surface area (Å²) in [5.41, 5.74) is -1.34. The van der Waals surface area contributed by atoms with Gasteiger partial charge >= 0.3 is 5.97 Å². The number of aliphatic hydroxyl groups is 1. The molecule has 2 atom stereocenters. The highest BCUT2D eigenvalue weighted by molar-refractivity contribution is 5.83. The molecule has 1 fully saturated rings. The molecule has 0 radical (unpaired) electrons. The lowest BCUT2D eigenvalue weighted by atomic mass is 9.60. The molecule has 1 rings (SSSR count). The van der Waals surface area contributed by atoms with Crippen LogP contribution < -0.4 is 0 Å². The van der Waals surface area contributed by atoms with E-state index in [9.17, 15) is 14.7 Å². The summed E-state index contributed by atoms with van der Waals surface area (Å²) in [5, 5.41) is 10.9. The molecule has 0 aromatic carbocycles. The number of methoxy groups -OCH3 is 1. The molecule has 0 heterocycles. The van der Waals surface area contributed by atoms with Crippen LogP contribution in [-0.2, 0) is 14.3 Å². The maximum absolute atomic E-state index is 11.7. The minimum Gasteiger partial charge on any atom is -0.466 e. The van der Waals surface area contributed by atoms with Gasteiger partial charge in [-0.2, -0.15) is 0 Å². The molecule has 0 aromatic heterocycles. The number of hydrogen-bond acceptors (Lipinski definition) is 4. The second-order valence-electron chi connectivity index (χ2n) is 6.07. The Morgan fingerprint density at radius 1 is 1.50 bits per heavy atom. The number of carbonyl (C=O) groups is 2. The first-order chi connectivity index (χ1) is 9.12. The second-order valence-corrected chi connectivity index (χ2v) is 6.07. The molecular formula is C16H22O4. The highest BCUT2D eigenvalue weighted by Crippen LogP contribution is 2.45. The van der Waals surface area contributed by atoms with E-state index in [0.29, 0.717) is 18.4 Å². The zero-order valence-corrected chi connectivity index (χ0v) is 12.7. The Morgan fingerprint density at radius 2 is 2.10 bits per heavy atom. The molecule has 0 saturated heterocycles. The van der Waals surface area contributed by atoms with Gasteiger partial charge in [0.2, 0.25) is 0 Å². The normalized spacial score (nSPS) is 29.4. The fraction of sp³-hybridized carbons (Fsp3) is 0.625. The van der Waals surface area contributed by atoms with Crippen LogP contribution in [0.5, 0.6) is 0 Å². The van der Waals surface area contributed by atoms with E-state index in [4.69, 9.17) is 0 Å². The molecule has 1 saturated carbocycles. The van der Waals surface area contributed by atoms with Crippen molar-refractivity contribution in [1.29, 1.82) is 0 Å². The summed E-state index contributed by atoms with van der Waals surface area (Å²) in [6.07, 6.45) is 1.92. The fourth-order valence-corrected chi connectivity index (χ4v) is 2.61. The van der Waals surface area contributed by atoms with Crippen LogP contribution in [0.15, 0.2) is 11.6 Å². The van der Waals surface area contributed by atoms with Crippen molar-refractivity contribution in [3.05, 3.63) is 11.6 Å². The van der Waals surface area contributed by atoms with E-state index in [-0.39, 0.29) is 11.7 Å². The van der Waals surface area contributed by atoms with Crippen LogP contribution in [0.3, 0.4) is 0 Å². The lowest BCUT2D eigenvalue weighted by Gasteiger charge is -2.46. The van der Waals surface area contributed by atoms with E-state index in [2.05, 4.69) is 16.6 Å². The van der Waals surface area contributed by atoms with E-state index in [0.717, 1.165) is 0 Å². The van der Waals surface area contributed by atoms with Crippen molar-refractivity contribution in [3.63, 3.8) is 0 Å². The first-order valence-electron chi connectivity index (χ1n) is 6.66. The van der Waals surface area contributed by atoms with Gasteiger partial charge in [0.1, 0.15) is 11.4 Å². The number of rotatable bonds is 1. The van der Waals surface area contributed by atoms with Crippen molar-refractivity contribution >= 4 is 11.8 Å². The van der Waals surface area contributed by atoms with Gasteiger partial charge in [-0.3, -0.25) is 4.79 Å². The fourth-order valence-electron chi connectivity index (χ4n) is 2.61. The van der Waals surface area contributed by atoms with Gasteiger partial charge in [-0.05, 0) is 6.92 Å². The van der Waals surface area contributed by atoms with Crippen molar-refractivity contribution < 1.29 is 19.4 Å². The molecule has 0 aliphatic heterocycles. The summed E-state index contributed by atoms with van der Waals surface area (Å²) in [6.45, 7) is 7.19. The zero-order chi connectivity index (χ0) is 15.6. The Kier molecular flexibility index (Phi) is 4.77. The molecular weight excluding hydrogens is 256 g/mol. The molecule has 1 aliphatic rings. The van der Waals surface area contributed by atoms with Crippen LogP contribution in [0, 0.1) is 23.2 Å². The van der Waals surface area contributed by atoms with Gasteiger partial charge in [-0.1, -0.05) is 32.6 Å². The summed E-state index contributed by atoms with van der Waals surface area (Å²) in [6, 6.07) is 0. The maximum Gasteiger partial charge on any atom is 0.331 e. The standard InChI is InChI=1S/C16H22O4/c1-11(8-14(18)20-5)6-7-16(19)12(2)9-13(17)10-15(16,3)4/h8,12,19H,9-10H2,1-5H3/b11-8-/t12-,16?/m0/s1. The summed E-state index contributed by atoms with van der Waals surface area (Å²) in [7, 11) is 1.30. The monoisotopic (exact) mass is 278 g/mol. The minimum absolute atomic E-state index is 0.149. The van der Waals surface area contributed by atoms with E-state index in [1.807, 2.05) is 20.8 Å². The van der Waals surface area contributed by atoms with Crippen LogP contribution >= 0.6 is 0 Å². The van der Waals surface area contributed by atoms with Gasteiger partial charge in [0.05, 0.1) is 7.11 Å². The van der Waals surface area contributed by atoms with E-state index in [1.165, 1.54) is 13.2 Å². The zero-order valence-electron chi connectivity index (χ0n) is 12.7. The van der Waals surface area contributed by atoms with Crippen LogP contribution in [-0.4, -0.2) is 29.6 Å². The lowest BCUT2D eigenvalue weighted by molar-refractivity contribution is -0.140. The second kappa shape index (κ2) is 5.80. The Labute approximate surface area is 120 Å². The third-order valence-corrected chi connectivity index (χ3v) is 3.90. The maximum atomic E-state index is 11.7. The third-order valence-electron chi connectivity index (χ3n) is 3.90. The topological polar surface area (TPSA) is 63.6 Å². The van der Waals surface area contributed by atoms with Crippen LogP contribution in [0.4, 0.5) is 0 Å². The number of esters is 1. The number of ketones is 1. The predicted octanol–water partition coefficient (Wildman–Crippen LogP) is 1.87. The first-order valence-corrected chi connectivity index (χ1v) is 6.66. The molecule has 0 aromatic rings. The van der Waals surface area contributed by atoms with Crippen molar-refractivity contribution in [2.75, 3.05) is 7.11 Å². The van der Waals surface area contributed by atoms with Crippen LogP contribution in [0.2, 0.25) is 0 Å². The smallest absolute Gasteiger partial charge is 0.331 e. The summed E-state index contributed by atoms with van der Waals surface area (Å²) in [4.78, 5) is 22.8. The van der Waals surface area contributed by atoms with Crippen LogP contribution in [0.1, 0.15) is 40.5 Å². The van der Waals surface area contributed by atoms with E-state index in [1.54, 1.807) is 6.92 Å². The molecule has 0 spiro atoms. The highest BCUT2D eigenvalue weighted by Gasteiger charge is 2.51. The molecule has 4 heteroatoms. The highest BCUT2D eigenvalue weighted by atomic mass is 16.5. The lowest BCUT2D eigenvalue weighted by Crippen LogP contribution is -2.53. The van der Waals surface area contributed by atoms with Gasteiger partial charge < -0.3 is 9.84 Å². The van der Waals surface area contributed by atoms with Crippen molar-refractivity contribution in [2.24, 2.45) is 11.3 Å². The molecule has 4 nitrogen and oxygen atoms in total.